The highest BCUT2D eigenvalue weighted by Gasteiger charge is 2.52. The van der Waals surface area contributed by atoms with Gasteiger partial charge in [-0.1, -0.05) is 66.7 Å². The monoisotopic (exact) mass is 477 g/mol. The normalized spacial score (nSPS) is 17.5. The fourth-order valence-corrected chi connectivity index (χ4v) is 4.44. The number of rotatable bonds is 8. The summed E-state index contributed by atoms with van der Waals surface area (Å²) in [5.74, 6) is -3.32. The molecule has 8 heteroatoms. The van der Waals surface area contributed by atoms with Crippen molar-refractivity contribution in [2.45, 2.75) is 24.8 Å². The van der Waals surface area contributed by atoms with E-state index in [2.05, 4.69) is 10.6 Å². The number of urea groups is 1. The Labute approximate surface area is 201 Å². The van der Waals surface area contributed by atoms with Gasteiger partial charge >= 0.3 is 6.03 Å². The van der Waals surface area contributed by atoms with E-state index in [0.29, 0.717) is 17.9 Å². The fraction of sp³-hybridized carbons (Fsp3) is 0.222. The van der Waals surface area contributed by atoms with Crippen LogP contribution in [0, 0.1) is 11.6 Å². The van der Waals surface area contributed by atoms with Crippen molar-refractivity contribution in [1.29, 1.82) is 0 Å². The lowest BCUT2D eigenvalue weighted by Gasteiger charge is -2.23. The lowest BCUT2D eigenvalue weighted by atomic mass is 9.88. The van der Waals surface area contributed by atoms with E-state index < -0.39 is 47.1 Å². The van der Waals surface area contributed by atoms with Crippen molar-refractivity contribution < 1.29 is 23.2 Å². The van der Waals surface area contributed by atoms with Crippen LogP contribution in [0.1, 0.15) is 36.0 Å². The van der Waals surface area contributed by atoms with Crippen LogP contribution in [-0.2, 0) is 15.1 Å². The highest BCUT2D eigenvalue weighted by molar-refractivity contribution is 6.09. The van der Waals surface area contributed by atoms with Gasteiger partial charge in [-0.15, -0.1) is 0 Å². The zero-order chi connectivity index (χ0) is 25.0. The Kier molecular flexibility index (Phi) is 6.91. The molecule has 1 fully saturated rings. The van der Waals surface area contributed by atoms with Crippen molar-refractivity contribution in [2.24, 2.45) is 0 Å². The number of carbonyl (C=O) groups is 3. The van der Waals surface area contributed by atoms with Crippen LogP contribution in [0.3, 0.4) is 0 Å². The van der Waals surface area contributed by atoms with Gasteiger partial charge in [-0.25, -0.2) is 13.6 Å². The molecule has 4 rings (SSSR count). The second-order valence-electron chi connectivity index (χ2n) is 8.56. The summed E-state index contributed by atoms with van der Waals surface area (Å²) in [5, 5.41) is 5.08. The van der Waals surface area contributed by atoms with Crippen molar-refractivity contribution in [1.82, 2.24) is 15.5 Å². The van der Waals surface area contributed by atoms with E-state index in [-0.39, 0.29) is 5.92 Å². The second-order valence-corrected chi connectivity index (χ2v) is 8.56. The molecule has 0 saturated carbocycles. The number of hydrogen-bond acceptors (Lipinski definition) is 3. The molecule has 0 aromatic heterocycles. The van der Waals surface area contributed by atoms with Crippen LogP contribution in [0.25, 0.3) is 0 Å². The summed E-state index contributed by atoms with van der Waals surface area (Å²) in [6, 6.07) is 22.1. The average molecular weight is 478 g/mol. The summed E-state index contributed by atoms with van der Waals surface area (Å²) in [5.41, 5.74) is -0.303. The Balaban J connectivity index is 1.41. The first-order valence-electron chi connectivity index (χ1n) is 11.3. The van der Waals surface area contributed by atoms with Gasteiger partial charge in [-0.3, -0.25) is 14.5 Å². The maximum absolute atomic E-state index is 14.3. The Bertz CT molecular complexity index is 1180. The van der Waals surface area contributed by atoms with Crippen molar-refractivity contribution in [2.75, 3.05) is 13.1 Å². The average Bonchev–Trinajstić information content (AvgIpc) is 3.06. The number of imide groups is 1. The molecule has 1 unspecified atom stereocenters. The number of hydrogen-bond donors (Lipinski definition) is 2. The summed E-state index contributed by atoms with van der Waals surface area (Å²) in [6.45, 7) is 0.963. The molecule has 0 aliphatic carbocycles. The van der Waals surface area contributed by atoms with E-state index in [1.54, 1.807) is 0 Å². The number of nitrogens with one attached hydrogen (secondary N) is 2. The van der Waals surface area contributed by atoms with Crippen molar-refractivity contribution in [3.63, 3.8) is 0 Å². The predicted octanol–water partition coefficient (Wildman–Crippen LogP) is 4.07. The Morgan fingerprint density at radius 1 is 0.914 bits per heavy atom. The number of carbonyl (C=O) groups excluding carboxylic acids is 3. The molecule has 4 amide bonds. The first kappa shape index (κ1) is 24.1. The number of halogens is 2. The Morgan fingerprint density at radius 3 is 2.00 bits per heavy atom. The molecule has 1 atom stereocenters. The standard InChI is InChI=1S/C27H25F2N3O3/c1-27(24-21(28)13-8-14-22(24)29)25(34)32(26(35)31-27)17-23(33)30-16-15-20(18-9-4-2-5-10-18)19-11-6-3-7-12-19/h2-14,20H,15-17H2,1H3,(H,30,33)(H,31,35). The highest BCUT2D eigenvalue weighted by Crippen LogP contribution is 2.32. The quantitative estimate of drug-likeness (QED) is 0.480. The lowest BCUT2D eigenvalue weighted by molar-refractivity contribution is -0.135. The maximum atomic E-state index is 14.3. The van der Waals surface area contributed by atoms with Crippen LogP contribution in [0.2, 0.25) is 0 Å². The Hall–Kier alpha value is -4.07. The molecule has 3 aromatic rings. The number of benzene rings is 3. The molecule has 0 bridgehead atoms. The van der Waals surface area contributed by atoms with Crippen LogP contribution in [0.4, 0.5) is 13.6 Å². The first-order valence-corrected chi connectivity index (χ1v) is 11.3. The third-order valence-electron chi connectivity index (χ3n) is 6.20. The maximum Gasteiger partial charge on any atom is 0.325 e. The van der Waals surface area contributed by atoms with Crippen LogP contribution in [0.15, 0.2) is 78.9 Å². The summed E-state index contributed by atoms with van der Waals surface area (Å²) < 4.78 is 28.6. The molecule has 3 aromatic carbocycles. The van der Waals surface area contributed by atoms with Crippen molar-refractivity contribution in [3.05, 3.63) is 107 Å². The van der Waals surface area contributed by atoms with E-state index in [1.165, 1.54) is 13.0 Å². The van der Waals surface area contributed by atoms with Gasteiger partial charge in [0.1, 0.15) is 23.7 Å². The molecular weight excluding hydrogens is 452 g/mol. The first-order chi connectivity index (χ1) is 16.8. The van der Waals surface area contributed by atoms with E-state index >= 15 is 0 Å². The van der Waals surface area contributed by atoms with Gasteiger partial charge in [0.15, 0.2) is 0 Å². The summed E-state index contributed by atoms with van der Waals surface area (Å²) >= 11 is 0. The molecular formula is C27H25F2N3O3. The number of amides is 4. The minimum atomic E-state index is -1.95. The van der Waals surface area contributed by atoms with Gasteiger partial charge in [0.05, 0.1) is 5.56 Å². The topological polar surface area (TPSA) is 78.5 Å². The molecule has 1 aliphatic heterocycles. The minimum Gasteiger partial charge on any atom is -0.355 e. The van der Waals surface area contributed by atoms with Gasteiger partial charge in [0.2, 0.25) is 5.91 Å². The zero-order valence-corrected chi connectivity index (χ0v) is 19.1. The highest BCUT2D eigenvalue weighted by atomic mass is 19.1. The molecule has 0 radical (unpaired) electrons. The van der Waals surface area contributed by atoms with Crippen molar-refractivity contribution >= 4 is 17.8 Å². The van der Waals surface area contributed by atoms with E-state index in [1.807, 2.05) is 60.7 Å². The van der Waals surface area contributed by atoms with Gasteiger partial charge in [-0.05, 0) is 36.6 Å². The zero-order valence-electron chi connectivity index (χ0n) is 19.1. The summed E-state index contributed by atoms with van der Waals surface area (Å²) in [4.78, 5) is 38.7. The van der Waals surface area contributed by atoms with Crippen LogP contribution < -0.4 is 10.6 Å². The molecule has 0 spiro atoms. The second kappa shape index (κ2) is 10.0. The minimum absolute atomic E-state index is 0.0433. The predicted molar refractivity (Wildman–Crippen MR) is 126 cm³/mol. The molecule has 1 aliphatic rings. The van der Waals surface area contributed by atoms with Crippen LogP contribution in [0.5, 0.6) is 0 Å². The SMILES string of the molecule is CC1(c2c(F)cccc2F)NC(=O)N(CC(=O)NCCC(c2ccccc2)c2ccccc2)C1=O. The summed E-state index contributed by atoms with van der Waals surface area (Å²) in [6.07, 6.45) is 0.595. The molecule has 2 N–H and O–H groups in total. The Morgan fingerprint density at radius 2 is 1.46 bits per heavy atom. The van der Waals surface area contributed by atoms with Crippen LogP contribution >= 0.6 is 0 Å². The largest absolute Gasteiger partial charge is 0.355 e. The van der Waals surface area contributed by atoms with E-state index in [9.17, 15) is 23.2 Å². The van der Waals surface area contributed by atoms with E-state index in [4.69, 9.17) is 0 Å². The molecule has 6 nitrogen and oxygen atoms in total. The van der Waals surface area contributed by atoms with Gasteiger partial charge < -0.3 is 10.6 Å². The molecule has 35 heavy (non-hydrogen) atoms. The number of nitrogens with zero attached hydrogens (tertiary/aromatic N) is 1. The lowest BCUT2D eigenvalue weighted by Crippen LogP contribution is -2.44. The van der Waals surface area contributed by atoms with Gasteiger partial charge in [0.25, 0.3) is 5.91 Å². The van der Waals surface area contributed by atoms with Crippen molar-refractivity contribution in [3.8, 4) is 0 Å². The molecule has 1 heterocycles. The van der Waals surface area contributed by atoms with Gasteiger partial charge in [-0.2, -0.15) is 0 Å². The fourth-order valence-electron chi connectivity index (χ4n) is 4.44. The van der Waals surface area contributed by atoms with Crippen LogP contribution in [-0.4, -0.2) is 35.8 Å². The van der Waals surface area contributed by atoms with Gasteiger partial charge in [0, 0.05) is 12.5 Å². The smallest absolute Gasteiger partial charge is 0.325 e. The molecule has 180 valence electrons. The molecule has 1 saturated heterocycles. The summed E-state index contributed by atoms with van der Waals surface area (Å²) in [7, 11) is 0. The third kappa shape index (κ3) is 4.91. The van der Waals surface area contributed by atoms with E-state index in [0.717, 1.165) is 23.3 Å². The third-order valence-corrected chi connectivity index (χ3v) is 6.20.